The number of nitrogens with two attached hydrogens (primary N) is 2. The van der Waals surface area contributed by atoms with Crippen molar-refractivity contribution < 1.29 is 29.1 Å². The van der Waals surface area contributed by atoms with Crippen LogP contribution in [0.15, 0.2) is 12.5 Å². The van der Waals surface area contributed by atoms with E-state index in [0.29, 0.717) is 17.9 Å². The Morgan fingerprint density at radius 3 is 2.44 bits per heavy atom. The summed E-state index contributed by atoms with van der Waals surface area (Å²) in [5.74, 6) is -3.32. The third-order valence-corrected chi connectivity index (χ3v) is 4.96. The highest BCUT2D eigenvalue weighted by Crippen LogP contribution is 2.03. The molecular formula is C18H29N7O6S. The van der Waals surface area contributed by atoms with Crippen molar-refractivity contribution in [3.8, 4) is 0 Å². The molecule has 0 bridgehead atoms. The molecule has 1 rings (SSSR count). The molecule has 0 radical (unpaired) electrons. The molecule has 178 valence electrons. The number of hydrogen-bond donors (Lipinski definition) is 7. The number of aromatic nitrogens is 2. The molecular weight excluding hydrogens is 442 g/mol. The van der Waals surface area contributed by atoms with Crippen LogP contribution in [0.25, 0.3) is 0 Å². The van der Waals surface area contributed by atoms with Crippen molar-refractivity contribution in [2.75, 3.05) is 18.6 Å². The van der Waals surface area contributed by atoms with E-state index in [-0.39, 0.29) is 19.3 Å². The van der Waals surface area contributed by atoms with Gasteiger partial charge in [-0.15, -0.1) is 0 Å². The number of amides is 4. The van der Waals surface area contributed by atoms with Gasteiger partial charge in [-0.25, -0.2) is 9.78 Å². The topological polar surface area (TPSA) is 222 Å². The highest BCUT2D eigenvalue weighted by molar-refractivity contribution is 7.98. The SMILES string of the molecule is CSCCC(N)C(=O)NC(CCC(N)=O)C(=O)NCC(=O)NC(Cc1cnc[nH]1)C(=O)O. The zero-order valence-electron chi connectivity index (χ0n) is 17.6. The van der Waals surface area contributed by atoms with Gasteiger partial charge in [0.2, 0.25) is 23.6 Å². The van der Waals surface area contributed by atoms with Gasteiger partial charge in [-0.2, -0.15) is 11.8 Å². The number of aliphatic carboxylic acids is 1. The van der Waals surface area contributed by atoms with E-state index in [4.69, 9.17) is 11.5 Å². The zero-order chi connectivity index (χ0) is 24.1. The molecule has 1 aromatic heterocycles. The summed E-state index contributed by atoms with van der Waals surface area (Å²) in [7, 11) is 0. The normalized spacial score (nSPS) is 13.4. The van der Waals surface area contributed by atoms with Crippen LogP contribution in [0.5, 0.6) is 0 Å². The van der Waals surface area contributed by atoms with E-state index < -0.39 is 54.3 Å². The first-order valence-corrected chi connectivity index (χ1v) is 11.1. The van der Waals surface area contributed by atoms with Crippen LogP contribution in [-0.2, 0) is 30.4 Å². The van der Waals surface area contributed by atoms with Crippen LogP contribution in [0.1, 0.15) is 25.0 Å². The molecule has 3 atom stereocenters. The van der Waals surface area contributed by atoms with Crippen molar-refractivity contribution in [3.63, 3.8) is 0 Å². The molecule has 13 nitrogen and oxygen atoms in total. The number of carbonyl (C=O) groups is 5. The summed E-state index contributed by atoms with van der Waals surface area (Å²) in [5.41, 5.74) is 11.4. The number of hydrogen-bond acceptors (Lipinski definition) is 8. The minimum Gasteiger partial charge on any atom is -0.480 e. The summed E-state index contributed by atoms with van der Waals surface area (Å²) in [6.07, 6.45) is 4.79. The molecule has 1 aromatic rings. The molecule has 32 heavy (non-hydrogen) atoms. The fourth-order valence-corrected chi connectivity index (χ4v) is 3.05. The molecule has 0 saturated heterocycles. The van der Waals surface area contributed by atoms with Crippen molar-refractivity contribution in [1.82, 2.24) is 25.9 Å². The van der Waals surface area contributed by atoms with Crippen LogP contribution in [0, 0.1) is 0 Å². The van der Waals surface area contributed by atoms with Gasteiger partial charge in [0.25, 0.3) is 0 Å². The van der Waals surface area contributed by atoms with Gasteiger partial charge in [0.15, 0.2) is 0 Å². The molecule has 4 amide bonds. The third-order valence-electron chi connectivity index (χ3n) is 4.32. The van der Waals surface area contributed by atoms with Crippen LogP contribution >= 0.6 is 11.8 Å². The molecule has 0 fully saturated rings. The Kier molecular flexibility index (Phi) is 11.8. The van der Waals surface area contributed by atoms with Crippen molar-refractivity contribution in [2.24, 2.45) is 11.5 Å². The summed E-state index contributed by atoms with van der Waals surface area (Å²) < 4.78 is 0. The number of carboxylic acid groups (broad SMARTS) is 1. The standard InChI is InChI=1S/C18H29N7O6S/c1-32-5-4-11(19)16(28)25-12(2-3-14(20)26)17(29)22-8-15(27)24-13(18(30)31)6-10-7-21-9-23-10/h7,9,11-13H,2-6,8,19H2,1H3,(H2,20,26)(H,21,23)(H,22,29)(H,24,27)(H,25,28)(H,30,31). The first kappa shape index (κ1) is 26.9. The summed E-state index contributed by atoms with van der Waals surface area (Å²) in [5, 5.41) is 16.4. The number of H-pyrrole nitrogens is 1. The number of nitrogens with zero attached hydrogens (tertiary/aromatic N) is 1. The lowest BCUT2D eigenvalue weighted by atomic mass is 10.1. The lowest BCUT2D eigenvalue weighted by molar-refractivity contribution is -0.141. The Morgan fingerprint density at radius 2 is 1.88 bits per heavy atom. The van der Waals surface area contributed by atoms with E-state index in [0.717, 1.165) is 0 Å². The minimum absolute atomic E-state index is 0.0275. The summed E-state index contributed by atoms with van der Waals surface area (Å²) in [6.45, 7) is -0.535. The van der Waals surface area contributed by atoms with Gasteiger partial charge in [0, 0.05) is 24.7 Å². The average molecular weight is 472 g/mol. The summed E-state index contributed by atoms with van der Waals surface area (Å²) in [4.78, 5) is 65.8. The summed E-state index contributed by atoms with van der Waals surface area (Å²) in [6, 6.07) is -3.21. The monoisotopic (exact) mass is 471 g/mol. The second kappa shape index (κ2) is 14.0. The number of nitrogens with one attached hydrogen (secondary N) is 4. The Morgan fingerprint density at radius 1 is 1.16 bits per heavy atom. The largest absolute Gasteiger partial charge is 0.480 e. The lowest BCUT2D eigenvalue weighted by Crippen LogP contribution is -2.53. The fraction of sp³-hybridized carbons (Fsp3) is 0.556. The number of primary amides is 1. The van der Waals surface area contributed by atoms with Crippen LogP contribution < -0.4 is 27.4 Å². The third kappa shape index (κ3) is 10.3. The van der Waals surface area contributed by atoms with Crippen LogP contribution in [-0.4, -0.2) is 81.4 Å². The highest BCUT2D eigenvalue weighted by atomic mass is 32.2. The predicted octanol–water partition coefficient (Wildman–Crippen LogP) is -2.53. The first-order valence-electron chi connectivity index (χ1n) is 9.74. The molecule has 0 spiro atoms. The molecule has 0 aliphatic carbocycles. The molecule has 1 heterocycles. The average Bonchev–Trinajstić information content (AvgIpc) is 3.25. The number of carboxylic acids is 1. The van der Waals surface area contributed by atoms with E-state index >= 15 is 0 Å². The van der Waals surface area contributed by atoms with Crippen molar-refractivity contribution >= 4 is 41.4 Å². The molecule has 9 N–H and O–H groups in total. The van der Waals surface area contributed by atoms with Gasteiger partial charge in [-0.3, -0.25) is 19.2 Å². The van der Waals surface area contributed by atoms with E-state index in [9.17, 15) is 29.1 Å². The van der Waals surface area contributed by atoms with Gasteiger partial charge in [0.05, 0.1) is 18.9 Å². The smallest absolute Gasteiger partial charge is 0.326 e. The fourth-order valence-electron chi connectivity index (χ4n) is 2.56. The summed E-state index contributed by atoms with van der Waals surface area (Å²) >= 11 is 1.51. The van der Waals surface area contributed by atoms with Crippen molar-refractivity contribution in [3.05, 3.63) is 18.2 Å². The van der Waals surface area contributed by atoms with Crippen molar-refractivity contribution in [1.29, 1.82) is 0 Å². The molecule has 0 aliphatic rings. The Labute approximate surface area is 188 Å². The molecule has 3 unspecified atom stereocenters. The number of thioether (sulfide) groups is 1. The van der Waals surface area contributed by atoms with Crippen molar-refractivity contribution in [2.45, 2.75) is 43.8 Å². The number of aromatic amines is 1. The zero-order valence-corrected chi connectivity index (χ0v) is 18.4. The highest BCUT2D eigenvalue weighted by Gasteiger charge is 2.25. The number of imidazole rings is 1. The molecule has 14 heteroatoms. The molecule has 0 saturated carbocycles. The number of rotatable bonds is 15. The molecule has 0 aliphatic heterocycles. The quantitative estimate of drug-likeness (QED) is 0.143. The maximum absolute atomic E-state index is 12.5. The lowest BCUT2D eigenvalue weighted by Gasteiger charge is -2.20. The molecule has 0 aromatic carbocycles. The number of carbonyl (C=O) groups excluding carboxylic acids is 4. The van der Waals surface area contributed by atoms with Gasteiger partial charge in [-0.1, -0.05) is 0 Å². The van der Waals surface area contributed by atoms with Gasteiger partial charge in [0.1, 0.15) is 12.1 Å². The Bertz CT molecular complexity index is 789. The van der Waals surface area contributed by atoms with Gasteiger partial charge < -0.3 is 37.5 Å². The van der Waals surface area contributed by atoms with Gasteiger partial charge >= 0.3 is 5.97 Å². The second-order valence-corrected chi connectivity index (χ2v) is 7.90. The second-order valence-electron chi connectivity index (χ2n) is 6.91. The van der Waals surface area contributed by atoms with E-state index in [1.165, 1.54) is 24.3 Å². The van der Waals surface area contributed by atoms with Crippen LogP contribution in [0.3, 0.4) is 0 Å². The maximum atomic E-state index is 12.5. The predicted molar refractivity (Wildman–Crippen MR) is 116 cm³/mol. The van der Waals surface area contributed by atoms with Crippen LogP contribution in [0.4, 0.5) is 0 Å². The van der Waals surface area contributed by atoms with E-state index in [2.05, 4.69) is 25.9 Å². The maximum Gasteiger partial charge on any atom is 0.326 e. The van der Waals surface area contributed by atoms with Gasteiger partial charge in [-0.05, 0) is 24.9 Å². The Balaban J connectivity index is 2.64. The first-order chi connectivity index (χ1) is 15.1. The van der Waals surface area contributed by atoms with Crippen LogP contribution in [0.2, 0.25) is 0 Å². The van der Waals surface area contributed by atoms with E-state index in [1.54, 1.807) is 0 Å². The minimum atomic E-state index is -1.26. The van der Waals surface area contributed by atoms with E-state index in [1.807, 2.05) is 6.26 Å². The Hall–Kier alpha value is -3.13.